The number of rotatable bonds is 10. The average Bonchev–Trinajstić information content (AvgIpc) is 2.90. The zero-order chi connectivity index (χ0) is 28.9. The van der Waals surface area contributed by atoms with Crippen molar-refractivity contribution in [1.29, 1.82) is 0 Å². The van der Waals surface area contributed by atoms with E-state index < -0.39 is 28.5 Å². The highest BCUT2D eigenvalue weighted by Gasteiger charge is 2.34. The molecular formula is C28H30Cl3N3O4S. The Morgan fingerprint density at radius 3 is 2.18 bits per heavy atom. The van der Waals surface area contributed by atoms with Crippen LogP contribution >= 0.6 is 34.8 Å². The zero-order valence-corrected chi connectivity index (χ0v) is 25.1. The van der Waals surface area contributed by atoms with Gasteiger partial charge in [-0.05, 0) is 67.8 Å². The Labute approximate surface area is 244 Å². The number of benzene rings is 3. The van der Waals surface area contributed by atoms with Gasteiger partial charge in [0, 0.05) is 18.6 Å². The van der Waals surface area contributed by atoms with Crippen molar-refractivity contribution in [2.24, 2.45) is 0 Å². The number of likely N-dealkylation sites (N-methyl/N-ethyl adjacent to an activating group) is 1. The molecule has 11 heteroatoms. The molecule has 7 nitrogen and oxygen atoms in total. The molecule has 3 aromatic rings. The summed E-state index contributed by atoms with van der Waals surface area (Å²) in [5.74, 6) is -0.954. The van der Waals surface area contributed by atoms with Gasteiger partial charge in [0.25, 0.3) is 10.0 Å². The van der Waals surface area contributed by atoms with Gasteiger partial charge in [0.15, 0.2) is 0 Å². The molecule has 0 radical (unpaired) electrons. The molecule has 1 atom stereocenters. The highest BCUT2D eigenvalue weighted by atomic mass is 35.5. The molecule has 3 aromatic carbocycles. The number of anilines is 1. The fraction of sp³-hybridized carbons (Fsp3) is 0.286. The molecule has 0 aromatic heterocycles. The molecule has 0 bridgehead atoms. The van der Waals surface area contributed by atoms with Crippen molar-refractivity contribution in [1.82, 2.24) is 10.2 Å². The van der Waals surface area contributed by atoms with Crippen LogP contribution in [0.1, 0.15) is 30.0 Å². The lowest BCUT2D eigenvalue weighted by Gasteiger charge is -2.33. The molecule has 39 heavy (non-hydrogen) atoms. The lowest BCUT2D eigenvalue weighted by molar-refractivity contribution is -0.140. The Kier molecular flexibility index (Phi) is 10.3. The Balaban J connectivity index is 2.11. The third kappa shape index (κ3) is 7.06. The molecule has 0 saturated heterocycles. The number of aryl methyl sites for hydroxylation is 1. The first-order valence-electron chi connectivity index (χ1n) is 12.2. The quantitative estimate of drug-likeness (QED) is 0.305. The SMILES string of the molecule is CC[C@H](C(=O)NC)N(Cc1ccc(Cl)c(Cl)c1)C(=O)CN(c1cccc(Cl)c1C)S(=O)(=O)c1ccc(C)cc1. The van der Waals surface area contributed by atoms with Crippen molar-refractivity contribution < 1.29 is 18.0 Å². The number of nitrogens with one attached hydrogen (secondary N) is 1. The van der Waals surface area contributed by atoms with Crippen LogP contribution in [0.25, 0.3) is 0 Å². The number of carbonyl (C=O) groups is 2. The molecule has 208 valence electrons. The maximum atomic E-state index is 14.0. The summed E-state index contributed by atoms with van der Waals surface area (Å²) in [6.45, 7) is 4.76. The van der Waals surface area contributed by atoms with Gasteiger partial charge in [-0.1, -0.05) is 71.6 Å². The number of amides is 2. The van der Waals surface area contributed by atoms with Crippen LogP contribution in [-0.4, -0.2) is 44.8 Å². The third-order valence-electron chi connectivity index (χ3n) is 6.36. The maximum absolute atomic E-state index is 14.0. The Morgan fingerprint density at radius 2 is 1.59 bits per heavy atom. The van der Waals surface area contributed by atoms with Crippen molar-refractivity contribution in [2.75, 3.05) is 17.9 Å². The van der Waals surface area contributed by atoms with Crippen LogP contribution in [0.3, 0.4) is 0 Å². The lowest BCUT2D eigenvalue weighted by Crippen LogP contribution is -2.51. The summed E-state index contributed by atoms with van der Waals surface area (Å²) in [5, 5.41) is 3.60. The van der Waals surface area contributed by atoms with Crippen molar-refractivity contribution in [2.45, 2.75) is 44.7 Å². The van der Waals surface area contributed by atoms with Crippen molar-refractivity contribution >= 4 is 62.3 Å². The predicted molar refractivity (Wildman–Crippen MR) is 157 cm³/mol. The number of nitrogens with zero attached hydrogens (tertiary/aromatic N) is 2. The first kappa shape index (κ1) is 30.8. The van der Waals surface area contributed by atoms with Crippen LogP contribution in [0.2, 0.25) is 15.1 Å². The number of sulfonamides is 1. The van der Waals surface area contributed by atoms with Gasteiger partial charge in [0.05, 0.1) is 20.6 Å². The van der Waals surface area contributed by atoms with Gasteiger partial charge >= 0.3 is 0 Å². The number of carbonyl (C=O) groups excluding carboxylic acids is 2. The average molecular weight is 611 g/mol. The molecule has 0 aliphatic rings. The zero-order valence-electron chi connectivity index (χ0n) is 22.0. The minimum Gasteiger partial charge on any atom is -0.357 e. The van der Waals surface area contributed by atoms with Crippen LogP contribution in [0, 0.1) is 13.8 Å². The molecular weight excluding hydrogens is 581 g/mol. The van der Waals surface area contributed by atoms with E-state index in [1.54, 1.807) is 62.4 Å². The Hall–Kier alpha value is -2.78. The van der Waals surface area contributed by atoms with Gasteiger partial charge in [0.1, 0.15) is 12.6 Å². The topological polar surface area (TPSA) is 86.8 Å². The van der Waals surface area contributed by atoms with Crippen molar-refractivity contribution in [3.63, 3.8) is 0 Å². The summed E-state index contributed by atoms with van der Waals surface area (Å²) in [6, 6.07) is 15.3. The van der Waals surface area contributed by atoms with E-state index in [9.17, 15) is 18.0 Å². The molecule has 0 fully saturated rings. The molecule has 0 spiro atoms. The van der Waals surface area contributed by atoms with Gasteiger partial charge < -0.3 is 10.2 Å². The third-order valence-corrected chi connectivity index (χ3v) is 9.29. The molecule has 0 aliphatic heterocycles. The standard InChI is InChI=1S/C28H30Cl3N3O4S/c1-5-25(28(36)32-4)33(16-20-11-14-23(30)24(31)15-20)27(35)17-34(26-8-6-7-22(29)19(26)3)39(37,38)21-12-9-18(2)10-13-21/h6-15,25H,5,16-17H2,1-4H3,(H,32,36)/t25-/m1/s1. The monoisotopic (exact) mass is 609 g/mol. The summed E-state index contributed by atoms with van der Waals surface area (Å²) in [5.41, 5.74) is 2.28. The summed E-state index contributed by atoms with van der Waals surface area (Å²) in [4.78, 5) is 28.2. The molecule has 2 amide bonds. The summed E-state index contributed by atoms with van der Waals surface area (Å²) < 4.78 is 28.9. The smallest absolute Gasteiger partial charge is 0.264 e. The van der Waals surface area contributed by atoms with E-state index in [4.69, 9.17) is 34.8 Å². The number of hydrogen-bond donors (Lipinski definition) is 1. The highest BCUT2D eigenvalue weighted by Crippen LogP contribution is 2.31. The second-order valence-electron chi connectivity index (χ2n) is 9.02. The minimum atomic E-state index is -4.19. The van der Waals surface area contributed by atoms with Crippen LogP contribution in [0.4, 0.5) is 5.69 Å². The van der Waals surface area contributed by atoms with E-state index in [-0.39, 0.29) is 23.0 Å². The van der Waals surface area contributed by atoms with E-state index in [1.165, 1.54) is 24.1 Å². The second kappa shape index (κ2) is 13.0. The van der Waals surface area contributed by atoms with Crippen LogP contribution in [0.5, 0.6) is 0 Å². The van der Waals surface area contributed by atoms with Crippen LogP contribution < -0.4 is 9.62 Å². The second-order valence-corrected chi connectivity index (χ2v) is 12.1. The summed E-state index contributed by atoms with van der Waals surface area (Å²) in [6.07, 6.45) is 0.299. The Morgan fingerprint density at radius 1 is 0.923 bits per heavy atom. The van der Waals surface area contributed by atoms with Gasteiger partial charge in [-0.2, -0.15) is 0 Å². The fourth-order valence-electron chi connectivity index (χ4n) is 4.14. The molecule has 0 saturated carbocycles. The number of hydrogen-bond acceptors (Lipinski definition) is 4. The van der Waals surface area contributed by atoms with Gasteiger partial charge in [-0.15, -0.1) is 0 Å². The highest BCUT2D eigenvalue weighted by molar-refractivity contribution is 7.92. The van der Waals surface area contributed by atoms with Gasteiger partial charge in [0.2, 0.25) is 11.8 Å². The largest absolute Gasteiger partial charge is 0.357 e. The Bertz CT molecular complexity index is 1460. The minimum absolute atomic E-state index is 0.00853. The van der Waals surface area contributed by atoms with Gasteiger partial charge in [-0.25, -0.2) is 8.42 Å². The van der Waals surface area contributed by atoms with E-state index >= 15 is 0 Å². The van der Waals surface area contributed by atoms with Crippen molar-refractivity contribution in [3.8, 4) is 0 Å². The van der Waals surface area contributed by atoms with E-state index in [0.29, 0.717) is 32.6 Å². The molecule has 0 unspecified atom stereocenters. The van der Waals surface area contributed by atoms with E-state index in [1.807, 2.05) is 6.92 Å². The normalized spacial score (nSPS) is 12.1. The fourth-order valence-corrected chi connectivity index (χ4v) is 6.10. The number of halogens is 3. The molecule has 0 aliphatic carbocycles. The van der Waals surface area contributed by atoms with Crippen LogP contribution in [0.15, 0.2) is 65.6 Å². The van der Waals surface area contributed by atoms with E-state index in [2.05, 4.69) is 5.32 Å². The van der Waals surface area contributed by atoms with E-state index in [0.717, 1.165) is 9.87 Å². The maximum Gasteiger partial charge on any atom is 0.264 e. The molecule has 3 rings (SSSR count). The lowest BCUT2D eigenvalue weighted by atomic mass is 10.1. The first-order chi connectivity index (χ1) is 18.4. The molecule has 0 heterocycles. The molecule has 1 N–H and O–H groups in total. The summed E-state index contributed by atoms with van der Waals surface area (Å²) in [7, 11) is -2.71. The van der Waals surface area contributed by atoms with Gasteiger partial charge in [-0.3, -0.25) is 13.9 Å². The predicted octanol–water partition coefficient (Wildman–Crippen LogP) is 6.01. The van der Waals surface area contributed by atoms with Crippen molar-refractivity contribution in [3.05, 3.63) is 92.4 Å². The first-order valence-corrected chi connectivity index (χ1v) is 14.8. The van der Waals surface area contributed by atoms with Crippen LogP contribution in [-0.2, 0) is 26.2 Å². The summed E-state index contributed by atoms with van der Waals surface area (Å²) >= 11 is 18.6.